The lowest BCUT2D eigenvalue weighted by Gasteiger charge is -2.26. The van der Waals surface area contributed by atoms with Crippen LogP contribution in [-0.4, -0.2) is 27.6 Å². The van der Waals surface area contributed by atoms with Crippen LogP contribution in [0.15, 0.2) is 11.6 Å². The van der Waals surface area contributed by atoms with E-state index in [0.29, 0.717) is 18.4 Å². The van der Waals surface area contributed by atoms with Gasteiger partial charge < -0.3 is 15.3 Å². The molecule has 0 aromatic heterocycles. The summed E-state index contributed by atoms with van der Waals surface area (Å²) in [7, 11) is 0. The summed E-state index contributed by atoms with van der Waals surface area (Å²) >= 11 is 0. The fourth-order valence-electron chi connectivity index (χ4n) is 1.66. The standard InChI is InChI=1S/C9H14O4/c1-5-4-6(8(10)11)2-3-7(5)9(12)13/h2,5,7-8,10-11H,3-4H2,1H3,(H,12,13). The van der Waals surface area contributed by atoms with Crippen molar-refractivity contribution >= 4 is 5.97 Å². The third-order valence-electron chi connectivity index (χ3n) is 2.53. The van der Waals surface area contributed by atoms with E-state index in [1.54, 1.807) is 6.08 Å². The molecule has 74 valence electrons. The van der Waals surface area contributed by atoms with E-state index < -0.39 is 12.3 Å². The Morgan fingerprint density at radius 2 is 2.23 bits per heavy atom. The fourth-order valence-corrected chi connectivity index (χ4v) is 1.66. The van der Waals surface area contributed by atoms with Gasteiger partial charge in [0.25, 0.3) is 0 Å². The van der Waals surface area contributed by atoms with E-state index in [4.69, 9.17) is 15.3 Å². The average molecular weight is 186 g/mol. The number of allylic oxidation sites excluding steroid dienone is 1. The number of rotatable bonds is 2. The molecule has 4 heteroatoms. The third-order valence-corrected chi connectivity index (χ3v) is 2.53. The summed E-state index contributed by atoms with van der Waals surface area (Å²) in [5.74, 6) is -1.22. The summed E-state index contributed by atoms with van der Waals surface area (Å²) in [5.41, 5.74) is 0.532. The molecular weight excluding hydrogens is 172 g/mol. The molecule has 0 aromatic carbocycles. The predicted octanol–water partition coefficient (Wildman–Crippen LogP) is 0.354. The molecule has 1 rings (SSSR count). The summed E-state index contributed by atoms with van der Waals surface area (Å²) < 4.78 is 0. The monoisotopic (exact) mass is 186 g/mol. The first-order valence-corrected chi connectivity index (χ1v) is 4.30. The Hall–Kier alpha value is -0.870. The van der Waals surface area contributed by atoms with Gasteiger partial charge in [0, 0.05) is 0 Å². The average Bonchev–Trinajstić information content (AvgIpc) is 2.03. The zero-order valence-corrected chi connectivity index (χ0v) is 7.47. The molecule has 0 aromatic rings. The second-order valence-electron chi connectivity index (χ2n) is 3.51. The van der Waals surface area contributed by atoms with E-state index in [2.05, 4.69) is 0 Å². The Kier molecular flexibility index (Phi) is 3.06. The summed E-state index contributed by atoms with van der Waals surface area (Å²) in [6.45, 7) is 1.81. The molecule has 13 heavy (non-hydrogen) atoms. The van der Waals surface area contributed by atoms with Crippen LogP contribution in [0.5, 0.6) is 0 Å². The number of hydrogen-bond donors (Lipinski definition) is 3. The molecule has 1 aliphatic carbocycles. The number of carbonyl (C=O) groups is 1. The van der Waals surface area contributed by atoms with Crippen LogP contribution in [0.25, 0.3) is 0 Å². The first-order chi connectivity index (χ1) is 6.02. The van der Waals surface area contributed by atoms with Crippen molar-refractivity contribution in [1.29, 1.82) is 0 Å². The van der Waals surface area contributed by atoms with Crippen LogP contribution in [0.3, 0.4) is 0 Å². The summed E-state index contributed by atoms with van der Waals surface area (Å²) in [5, 5.41) is 26.5. The molecule has 2 unspecified atom stereocenters. The summed E-state index contributed by atoms with van der Waals surface area (Å²) in [6.07, 6.45) is 1.03. The largest absolute Gasteiger partial charge is 0.481 e. The zero-order chi connectivity index (χ0) is 10.0. The lowest BCUT2D eigenvalue weighted by atomic mass is 9.80. The Bertz CT molecular complexity index is 232. The van der Waals surface area contributed by atoms with Crippen molar-refractivity contribution in [2.75, 3.05) is 0 Å². The highest BCUT2D eigenvalue weighted by Gasteiger charge is 2.29. The van der Waals surface area contributed by atoms with Gasteiger partial charge in [-0.05, 0) is 24.3 Å². The molecule has 0 amide bonds. The number of hydrogen-bond acceptors (Lipinski definition) is 3. The van der Waals surface area contributed by atoms with Crippen molar-refractivity contribution in [1.82, 2.24) is 0 Å². The molecule has 0 saturated heterocycles. The molecular formula is C9H14O4. The fraction of sp³-hybridized carbons (Fsp3) is 0.667. The maximum absolute atomic E-state index is 10.7. The molecule has 3 N–H and O–H groups in total. The summed E-state index contributed by atoms with van der Waals surface area (Å²) in [4.78, 5) is 10.7. The van der Waals surface area contributed by atoms with E-state index in [1.807, 2.05) is 6.92 Å². The van der Waals surface area contributed by atoms with Gasteiger partial charge in [0.05, 0.1) is 5.92 Å². The lowest BCUT2D eigenvalue weighted by molar-refractivity contribution is -0.143. The van der Waals surface area contributed by atoms with E-state index in [0.717, 1.165) is 0 Å². The van der Waals surface area contributed by atoms with Crippen LogP contribution >= 0.6 is 0 Å². The van der Waals surface area contributed by atoms with E-state index in [1.165, 1.54) is 0 Å². The molecule has 0 bridgehead atoms. The predicted molar refractivity (Wildman–Crippen MR) is 45.8 cm³/mol. The Morgan fingerprint density at radius 3 is 2.62 bits per heavy atom. The first kappa shape index (κ1) is 10.2. The quantitative estimate of drug-likeness (QED) is 0.429. The van der Waals surface area contributed by atoms with Crippen molar-refractivity contribution in [3.8, 4) is 0 Å². The van der Waals surface area contributed by atoms with E-state index in [-0.39, 0.29) is 11.8 Å². The van der Waals surface area contributed by atoms with Gasteiger partial charge in [-0.3, -0.25) is 4.79 Å². The second kappa shape index (κ2) is 3.89. The second-order valence-corrected chi connectivity index (χ2v) is 3.51. The maximum Gasteiger partial charge on any atom is 0.307 e. The molecule has 0 radical (unpaired) electrons. The molecule has 0 fully saturated rings. The van der Waals surface area contributed by atoms with Gasteiger partial charge in [-0.15, -0.1) is 0 Å². The van der Waals surface area contributed by atoms with Crippen molar-refractivity contribution in [3.05, 3.63) is 11.6 Å². The number of carboxylic acids is 1. The van der Waals surface area contributed by atoms with Gasteiger partial charge in [-0.1, -0.05) is 13.0 Å². The Balaban J connectivity index is 2.68. The van der Waals surface area contributed by atoms with Gasteiger partial charge >= 0.3 is 5.97 Å². The maximum atomic E-state index is 10.7. The van der Waals surface area contributed by atoms with Crippen molar-refractivity contribution in [2.24, 2.45) is 11.8 Å². The van der Waals surface area contributed by atoms with E-state index in [9.17, 15) is 4.79 Å². The minimum absolute atomic E-state index is 0.0284. The molecule has 2 atom stereocenters. The van der Waals surface area contributed by atoms with Gasteiger partial charge in [0.2, 0.25) is 0 Å². The third kappa shape index (κ3) is 2.29. The number of aliphatic hydroxyl groups is 2. The number of carboxylic acid groups (broad SMARTS) is 1. The Morgan fingerprint density at radius 1 is 1.62 bits per heavy atom. The van der Waals surface area contributed by atoms with Gasteiger partial charge in [0.1, 0.15) is 0 Å². The van der Waals surface area contributed by atoms with Crippen LogP contribution in [0.2, 0.25) is 0 Å². The minimum Gasteiger partial charge on any atom is -0.481 e. The highest BCUT2D eigenvalue weighted by molar-refractivity contribution is 5.70. The number of aliphatic hydroxyl groups excluding tert-OH is 1. The zero-order valence-electron chi connectivity index (χ0n) is 7.47. The molecule has 0 heterocycles. The van der Waals surface area contributed by atoms with Crippen LogP contribution in [-0.2, 0) is 4.79 Å². The van der Waals surface area contributed by atoms with Crippen LogP contribution in [0.4, 0.5) is 0 Å². The van der Waals surface area contributed by atoms with Gasteiger partial charge in [-0.2, -0.15) is 0 Å². The number of aliphatic carboxylic acids is 1. The lowest BCUT2D eigenvalue weighted by Crippen LogP contribution is -2.27. The van der Waals surface area contributed by atoms with Crippen LogP contribution in [0, 0.1) is 11.8 Å². The normalized spacial score (nSPS) is 28.8. The van der Waals surface area contributed by atoms with Gasteiger partial charge in [-0.25, -0.2) is 0 Å². The van der Waals surface area contributed by atoms with Crippen molar-refractivity contribution < 1.29 is 20.1 Å². The van der Waals surface area contributed by atoms with Crippen LogP contribution < -0.4 is 0 Å². The van der Waals surface area contributed by atoms with E-state index >= 15 is 0 Å². The van der Waals surface area contributed by atoms with Crippen molar-refractivity contribution in [3.63, 3.8) is 0 Å². The highest BCUT2D eigenvalue weighted by Crippen LogP contribution is 2.30. The van der Waals surface area contributed by atoms with Crippen LogP contribution in [0.1, 0.15) is 19.8 Å². The highest BCUT2D eigenvalue weighted by atomic mass is 16.5. The topological polar surface area (TPSA) is 77.8 Å². The molecule has 0 aliphatic heterocycles. The molecule has 1 aliphatic rings. The van der Waals surface area contributed by atoms with Crippen molar-refractivity contribution in [2.45, 2.75) is 26.1 Å². The first-order valence-electron chi connectivity index (χ1n) is 4.30. The Labute approximate surface area is 76.5 Å². The van der Waals surface area contributed by atoms with Gasteiger partial charge in [0.15, 0.2) is 6.29 Å². The smallest absolute Gasteiger partial charge is 0.307 e. The molecule has 0 saturated carbocycles. The molecule has 0 spiro atoms. The SMILES string of the molecule is CC1CC(C(O)O)=CCC1C(=O)O. The minimum atomic E-state index is -1.43. The molecule has 4 nitrogen and oxygen atoms in total. The summed E-state index contributed by atoms with van der Waals surface area (Å²) in [6, 6.07) is 0.